The minimum absolute atomic E-state index is 0.00578. The first-order valence-corrected chi connectivity index (χ1v) is 6.77. The Morgan fingerprint density at radius 2 is 2.11 bits per heavy atom. The molecule has 0 heterocycles. The van der Waals surface area contributed by atoms with Crippen LogP contribution in [0.25, 0.3) is 0 Å². The zero-order valence-electron chi connectivity index (χ0n) is 11.1. The highest BCUT2D eigenvalue weighted by molar-refractivity contribution is 5.31. The Kier molecular flexibility index (Phi) is 5.17. The average Bonchev–Trinajstić information content (AvgIpc) is 2.56. The third kappa shape index (κ3) is 3.31. The van der Waals surface area contributed by atoms with E-state index in [1.54, 1.807) is 7.11 Å². The van der Waals surface area contributed by atoms with Gasteiger partial charge in [0.1, 0.15) is 0 Å². The van der Waals surface area contributed by atoms with Crippen LogP contribution in [0.3, 0.4) is 0 Å². The van der Waals surface area contributed by atoms with E-state index in [9.17, 15) is 0 Å². The van der Waals surface area contributed by atoms with Crippen LogP contribution in [0.5, 0.6) is 0 Å². The van der Waals surface area contributed by atoms with Crippen LogP contribution in [0.2, 0.25) is 0 Å². The van der Waals surface area contributed by atoms with Crippen LogP contribution >= 0.6 is 0 Å². The minimum Gasteiger partial charge on any atom is -0.385 e. The first-order chi connectivity index (χ1) is 8.83. The van der Waals surface area contributed by atoms with Crippen molar-refractivity contribution in [1.29, 1.82) is 0 Å². The molecule has 0 saturated carbocycles. The highest BCUT2D eigenvalue weighted by Gasteiger charge is 2.24. The maximum atomic E-state index is 6.35. The molecule has 0 amide bonds. The highest BCUT2D eigenvalue weighted by Crippen LogP contribution is 2.28. The van der Waals surface area contributed by atoms with Gasteiger partial charge in [0.15, 0.2) is 0 Å². The second-order valence-corrected chi connectivity index (χ2v) is 4.87. The molecular weight excluding hydrogens is 226 g/mol. The Labute approximate surface area is 109 Å². The summed E-state index contributed by atoms with van der Waals surface area (Å²) in [5.74, 6) is 0. The lowest BCUT2D eigenvalue weighted by Crippen LogP contribution is -2.29. The molecule has 2 rings (SSSR count). The molecule has 1 aromatic carbocycles. The number of nitrogens with two attached hydrogens (primary N) is 1. The summed E-state index contributed by atoms with van der Waals surface area (Å²) >= 11 is 0. The van der Waals surface area contributed by atoms with E-state index in [1.165, 1.54) is 11.1 Å². The van der Waals surface area contributed by atoms with E-state index in [4.69, 9.17) is 15.2 Å². The number of rotatable bonds is 5. The molecule has 0 spiro atoms. The molecule has 0 aromatic heterocycles. The second kappa shape index (κ2) is 6.88. The quantitative estimate of drug-likeness (QED) is 0.644. The Bertz CT molecular complexity index is 367. The van der Waals surface area contributed by atoms with Crippen LogP contribution in [0, 0.1) is 0 Å². The van der Waals surface area contributed by atoms with E-state index in [1.807, 2.05) is 0 Å². The lowest BCUT2D eigenvalue weighted by atomic mass is 9.98. The van der Waals surface area contributed by atoms with Gasteiger partial charge in [0.05, 0.1) is 12.1 Å². The van der Waals surface area contributed by atoms with Crippen molar-refractivity contribution in [1.82, 2.24) is 0 Å². The molecule has 2 N–H and O–H groups in total. The van der Waals surface area contributed by atoms with Gasteiger partial charge in [-0.25, -0.2) is 0 Å². The number of ether oxygens (including phenoxy) is 2. The van der Waals surface area contributed by atoms with Gasteiger partial charge in [-0.1, -0.05) is 24.3 Å². The smallest absolute Gasteiger partial charge is 0.0767 e. The molecule has 0 aliphatic heterocycles. The van der Waals surface area contributed by atoms with Gasteiger partial charge in [0.2, 0.25) is 0 Å². The summed E-state index contributed by atoms with van der Waals surface area (Å²) in [6.45, 7) is 1.48. The van der Waals surface area contributed by atoms with Crippen LogP contribution in [0.1, 0.15) is 36.4 Å². The third-order valence-corrected chi connectivity index (χ3v) is 3.57. The van der Waals surface area contributed by atoms with Crippen molar-refractivity contribution >= 4 is 0 Å². The van der Waals surface area contributed by atoms with E-state index in [-0.39, 0.29) is 12.1 Å². The van der Waals surface area contributed by atoms with Crippen molar-refractivity contribution in [2.24, 2.45) is 5.73 Å². The Morgan fingerprint density at radius 1 is 1.28 bits per heavy atom. The normalized spacial score (nSPS) is 23.4. The van der Waals surface area contributed by atoms with E-state index in [0.29, 0.717) is 0 Å². The fourth-order valence-corrected chi connectivity index (χ4v) is 2.59. The molecule has 1 aromatic rings. The first-order valence-electron chi connectivity index (χ1n) is 6.77. The topological polar surface area (TPSA) is 44.5 Å². The number of methoxy groups -OCH3 is 1. The summed E-state index contributed by atoms with van der Waals surface area (Å²) in [5.41, 5.74) is 8.99. The monoisotopic (exact) mass is 249 g/mol. The van der Waals surface area contributed by atoms with Gasteiger partial charge in [0.25, 0.3) is 0 Å². The van der Waals surface area contributed by atoms with Gasteiger partial charge in [0, 0.05) is 20.3 Å². The lowest BCUT2D eigenvalue weighted by molar-refractivity contribution is 0.0194. The molecule has 100 valence electrons. The van der Waals surface area contributed by atoms with Crippen LogP contribution in [0.15, 0.2) is 24.3 Å². The van der Waals surface area contributed by atoms with E-state index in [0.717, 1.165) is 38.9 Å². The number of hydrogen-bond acceptors (Lipinski definition) is 3. The summed E-state index contributed by atoms with van der Waals surface area (Å²) in [4.78, 5) is 0. The molecule has 0 saturated heterocycles. The standard InChI is InChI=1S/C15H23NO2/c1-17-10-5-11-18-14-9-4-7-12-6-2-3-8-13(12)15(14)16/h2-3,6,8,14-15H,4-5,7,9-11,16H2,1H3. The maximum Gasteiger partial charge on any atom is 0.0767 e. The van der Waals surface area contributed by atoms with Gasteiger partial charge >= 0.3 is 0 Å². The molecule has 2 atom stereocenters. The lowest BCUT2D eigenvalue weighted by Gasteiger charge is -2.23. The van der Waals surface area contributed by atoms with Gasteiger partial charge in [-0.15, -0.1) is 0 Å². The summed E-state index contributed by atoms with van der Waals surface area (Å²) in [5, 5.41) is 0. The minimum atomic E-state index is 0.00578. The predicted octanol–water partition coefficient (Wildman–Crippen LogP) is 2.44. The predicted molar refractivity (Wildman–Crippen MR) is 72.5 cm³/mol. The Morgan fingerprint density at radius 3 is 2.94 bits per heavy atom. The Balaban J connectivity index is 1.97. The first kappa shape index (κ1) is 13.5. The van der Waals surface area contributed by atoms with Crippen molar-refractivity contribution in [2.45, 2.75) is 37.8 Å². The van der Waals surface area contributed by atoms with Crippen LogP contribution in [-0.2, 0) is 15.9 Å². The van der Waals surface area contributed by atoms with E-state index < -0.39 is 0 Å². The number of aryl methyl sites for hydroxylation is 1. The average molecular weight is 249 g/mol. The van der Waals surface area contributed by atoms with Crippen LogP contribution in [0.4, 0.5) is 0 Å². The van der Waals surface area contributed by atoms with Crippen molar-refractivity contribution in [2.75, 3.05) is 20.3 Å². The number of fused-ring (bicyclic) bond motifs is 1. The molecule has 0 fully saturated rings. The van der Waals surface area contributed by atoms with Gasteiger partial charge in [-0.05, 0) is 36.8 Å². The largest absolute Gasteiger partial charge is 0.385 e. The highest BCUT2D eigenvalue weighted by atomic mass is 16.5. The summed E-state index contributed by atoms with van der Waals surface area (Å²) in [6, 6.07) is 8.47. The third-order valence-electron chi connectivity index (χ3n) is 3.57. The zero-order chi connectivity index (χ0) is 12.8. The molecule has 0 radical (unpaired) electrons. The molecule has 3 nitrogen and oxygen atoms in total. The van der Waals surface area contributed by atoms with Crippen LogP contribution in [-0.4, -0.2) is 26.4 Å². The summed E-state index contributed by atoms with van der Waals surface area (Å²) < 4.78 is 11.0. The van der Waals surface area contributed by atoms with Crippen LogP contribution < -0.4 is 5.73 Å². The molecule has 0 bridgehead atoms. The van der Waals surface area contributed by atoms with E-state index in [2.05, 4.69) is 24.3 Å². The van der Waals surface area contributed by atoms with Gasteiger partial charge < -0.3 is 15.2 Å². The molecule has 1 aliphatic carbocycles. The molecule has 1 aliphatic rings. The maximum absolute atomic E-state index is 6.35. The molecule has 3 heteroatoms. The Hall–Kier alpha value is -0.900. The zero-order valence-corrected chi connectivity index (χ0v) is 11.1. The SMILES string of the molecule is COCCCOC1CCCc2ccccc2C1N. The van der Waals surface area contributed by atoms with Crippen molar-refractivity contribution in [3.05, 3.63) is 35.4 Å². The second-order valence-electron chi connectivity index (χ2n) is 4.87. The van der Waals surface area contributed by atoms with Crippen molar-refractivity contribution in [3.63, 3.8) is 0 Å². The van der Waals surface area contributed by atoms with E-state index >= 15 is 0 Å². The number of benzene rings is 1. The van der Waals surface area contributed by atoms with Gasteiger partial charge in [-0.3, -0.25) is 0 Å². The van der Waals surface area contributed by atoms with Crippen molar-refractivity contribution < 1.29 is 9.47 Å². The molecule has 18 heavy (non-hydrogen) atoms. The summed E-state index contributed by atoms with van der Waals surface area (Å²) in [6.07, 6.45) is 4.39. The summed E-state index contributed by atoms with van der Waals surface area (Å²) in [7, 11) is 1.72. The molecular formula is C15H23NO2. The van der Waals surface area contributed by atoms with Gasteiger partial charge in [-0.2, -0.15) is 0 Å². The number of hydrogen-bond donors (Lipinski definition) is 1. The fraction of sp³-hybridized carbons (Fsp3) is 0.600. The van der Waals surface area contributed by atoms with Crippen molar-refractivity contribution in [3.8, 4) is 0 Å². The fourth-order valence-electron chi connectivity index (χ4n) is 2.59. The molecule has 2 unspecified atom stereocenters.